The van der Waals surface area contributed by atoms with E-state index in [0.29, 0.717) is 23.3 Å². The maximum absolute atomic E-state index is 9.99. The summed E-state index contributed by atoms with van der Waals surface area (Å²) in [7, 11) is 0. The van der Waals surface area contributed by atoms with E-state index in [1.54, 1.807) is 6.92 Å². The highest BCUT2D eigenvalue weighted by Gasteiger charge is 2.26. The van der Waals surface area contributed by atoms with Crippen LogP contribution in [0.3, 0.4) is 0 Å². The van der Waals surface area contributed by atoms with Crippen molar-refractivity contribution < 1.29 is 5.11 Å². The number of nitrogen functional groups attached to an aromatic ring is 1. The number of rotatable bonds is 4. The number of hydrogen-bond donors (Lipinski definition) is 3. The highest BCUT2D eigenvalue weighted by molar-refractivity contribution is 6.31. The molecule has 4 rings (SSSR count). The van der Waals surface area contributed by atoms with E-state index in [1.165, 1.54) is 0 Å². The van der Waals surface area contributed by atoms with E-state index >= 15 is 0 Å². The van der Waals surface area contributed by atoms with Gasteiger partial charge in [-0.05, 0) is 44.5 Å². The summed E-state index contributed by atoms with van der Waals surface area (Å²) in [6.07, 6.45) is 0.384. The van der Waals surface area contributed by atoms with Crippen molar-refractivity contribution in [2.45, 2.75) is 32.4 Å². The fourth-order valence-electron chi connectivity index (χ4n) is 3.50. The second kappa shape index (κ2) is 7.37. The third-order valence-corrected chi connectivity index (χ3v) is 5.06. The third kappa shape index (κ3) is 3.79. The van der Waals surface area contributed by atoms with Crippen molar-refractivity contribution in [3.8, 4) is 0 Å². The summed E-state index contributed by atoms with van der Waals surface area (Å²) in [5.41, 5.74) is 7.58. The highest BCUT2D eigenvalue weighted by atomic mass is 35.5. The lowest BCUT2D eigenvalue weighted by Crippen LogP contribution is -2.25. The molecule has 1 aromatic carbocycles. The predicted octanol–water partition coefficient (Wildman–Crippen LogP) is 2.71. The second-order valence-electron chi connectivity index (χ2n) is 7.06. The monoisotopic (exact) mass is 399 g/mol. The minimum absolute atomic E-state index is 0.148. The molecule has 3 heterocycles. The van der Waals surface area contributed by atoms with Crippen LogP contribution in [-0.4, -0.2) is 44.2 Å². The first-order valence-corrected chi connectivity index (χ1v) is 9.55. The van der Waals surface area contributed by atoms with Gasteiger partial charge in [0.2, 0.25) is 11.9 Å². The van der Waals surface area contributed by atoms with Crippen LogP contribution in [0.5, 0.6) is 0 Å². The van der Waals surface area contributed by atoms with Crippen molar-refractivity contribution in [1.29, 1.82) is 0 Å². The van der Waals surface area contributed by atoms with E-state index in [9.17, 15) is 5.11 Å². The Balaban J connectivity index is 1.76. The molecule has 4 N–H and O–H groups in total. The van der Waals surface area contributed by atoms with E-state index in [0.717, 1.165) is 35.2 Å². The van der Waals surface area contributed by atoms with Gasteiger partial charge in [-0.25, -0.2) is 4.98 Å². The average molecular weight is 400 g/mol. The first-order chi connectivity index (χ1) is 13.4. The van der Waals surface area contributed by atoms with Crippen molar-refractivity contribution in [3.63, 3.8) is 0 Å². The van der Waals surface area contributed by atoms with Gasteiger partial charge >= 0.3 is 0 Å². The molecule has 1 aliphatic rings. The molecule has 9 heteroatoms. The summed E-state index contributed by atoms with van der Waals surface area (Å²) in [6.45, 7) is 5.09. The Kier molecular flexibility index (Phi) is 4.91. The van der Waals surface area contributed by atoms with Crippen LogP contribution in [0.25, 0.3) is 10.9 Å². The van der Waals surface area contributed by atoms with E-state index in [-0.39, 0.29) is 18.1 Å². The lowest BCUT2D eigenvalue weighted by Gasteiger charge is -2.24. The van der Waals surface area contributed by atoms with Crippen LogP contribution in [-0.2, 0) is 0 Å². The molecule has 0 aliphatic carbocycles. The van der Waals surface area contributed by atoms with Crippen molar-refractivity contribution in [2.24, 2.45) is 0 Å². The Bertz CT molecular complexity index is 1010. The van der Waals surface area contributed by atoms with Gasteiger partial charge in [-0.1, -0.05) is 11.6 Å². The van der Waals surface area contributed by atoms with Crippen molar-refractivity contribution >= 4 is 40.2 Å². The van der Waals surface area contributed by atoms with Gasteiger partial charge in [-0.2, -0.15) is 15.0 Å². The van der Waals surface area contributed by atoms with Gasteiger partial charge in [0.15, 0.2) is 0 Å². The Morgan fingerprint density at radius 3 is 2.79 bits per heavy atom. The number of nitrogens with one attached hydrogen (secondary N) is 1. The molecule has 1 fully saturated rings. The minimum atomic E-state index is -0.343. The number of aliphatic hydroxyl groups excluding tert-OH is 1. The molecule has 0 saturated carbocycles. The zero-order valence-corrected chi connectivity index (χ0v) is 16.5. The minimum Gasteiger partial charge on any atom is -0.391 e. The van der Waals surface area contributed by atoms with E-state index < -0.39 is 0 Å². The van der Waals surface area contributed by atoms with Crippen LogP contribution in [0.1, 0.15) is 30.8 Å². The van der Waals surface area contributed by atoms with Crippen LogP contribution in [0.4, 0.5) is 17.7 Å². The zero-order chi connectivity index (χ0) is 19.8. The molecule has 0 bridgehead atoms. The topological polar surface area (TPSA) is 113 Å². The third-order valence-electron chi connectivity index (χ3n) is 4.82. The molecule has 2 atom stereocenters. The number of aromatic nitrogens is 4. The first kappa shape index (κ1) is 18.6. The predicted molar refractivity (Wildman–Crippen MR) is 111 cm³/mol. The molecule has 0 unspecified atom stereocenters. The average Bonchev–Trinajstić information content (AvgIpc) is 3.06. The SMILES string of the molecule is Cc1nc(N)nc(N[C@@H](C)c2cc3cc(Cl)ccc3nc2N2CC[C@@H](O)C2)n1. The smallest absolute Gasteiger partial charge is 0.228 e. The lowest BCUT2D eigenvalue weighted by molar-refractivity contribution is 0.198. The number of nitrogens with zero attached hydrogens (tertiary/aromatic N) is 5. The first-order valence-electron chi connectivity index (χ1n) is 9.17. The zero-order valence-electron chi connectivity index (χ0n) is 15.7. The summed E-state index contributed by atoms with van der Waals surface area (Å²) in [4.78, 5) is 19.5. The van der Waals surface area contributed by atoms with Gasteiger partial charge in [0.25, 0.3) is 0 Å². The number of anilines is 3. The van der Waals surface area contributed by atoms with E-state index in [4.69, 9.17) is 22.3 Å². The summed E-state index contributed by atoms with van der Waals surface area (Å²) in [6, 6.07) is 7.56. The molecule has 146 valence electrons. The fraction of sp³-hybridized carbons (Fsp3) is 0.368. The number of fused-ring (bicyclic) bond motifs is 1. The van der Waals surface area contributed by atoms with Crippen molar-refractivity contribution in [1.82, 2.24) is 19.9 Å². The Morgan fingerprint density at radius 1 is 1.25 bits per heavy atom. The number of β-amino-alcohol motifs (C(OH)–C–C–N with tert-alkyl or cyclic N) is 1. The van der Waals surface area contributed by atoms with Gasteiger partial charge in [-0.3, -0.25) is 0 Å². The molecule has 2 aromatic heterocycles. The molecule has 8 nitrogen and oxygen atoms in total. The van der Waals surface area contributed by atoms with Gasteiger partial charge in [-0.15, -0.1) is 0 Å². The van der Waals surface area contributed by atoms with E-state index in [1.807, 2.05) is 25.1 Å². The molecule has 1 aliphatic heterocycles. The molecular weight excluding hydrogens is 378 g/mol. The molecule has 1 saturated heterocycles. The molecule has 3 aromatic rings. The van der Waals surface area contributed by atoms with E-state index in [2.05, 4.69) is 31.2 Å². The number of hydrogen-bond acceptors (Lipinski definition) is 8. The normalized spacial score (nSPS) is 17.9. The number of halogens is 1. The maximum atomic E-state index is 9.99. The molecule has 28 heavy (non-hydrogen) atoms. The van der Waals surface area contributed by atoms with Crippen molar-refractivity contribution in [3.05, 3.63) is 40.7 Å². The van der Waals surface area contributed by atoms with Gasteiger partial charge < -0.3 is 21.1 Å². The molecule has 0 spiro atoms. The van der Waals surface area contributed by atoms with Crippen LogP contribution < -0.4 is 16.0 Å². The molecular formula is C19H22ClN7O. The van der Waals surface area contributed by atoms with Crippen LogP contribution in [0.2, 0.25) is 5.02 Å². The highest BCUT2D eigenvalue weighted by Crippen LogP contribution is 2.32. The fourth-order valence-corrected chi connectivity index (χ4v) is 3.68. The molecule has 0 amide bonds. The number of aryl methyl sites for hydroxylation is 1. The summed E-state index contributed by atoms with van der Waals surface area (Å²) >= 11 is 6.17. The van der Waals surface area contributed by atoms with Crippen molar-refractivity contribution in [2.75, 3.05) is 29.0 Å². The summed E-state index contributed by atoms with van der Waals surface area (Å²) < 4.78 is 0. The number of pyridine rings is 1. The number of benzene rings is 1. The quantitative estimate of drug-likeness (QED) is 0.613. The Morgan fingerprint density at radius 2 is 2.07 bits per heavy atom. The van der Waals surface area contributed by atoms with Gasteiger partial charge in [0.05, 0.1) is 17.7 Å². The standard InChI is InChI=1S/C19H22ClN7O/c1-10(22-19-24-11(2)23-18(21)26-19)15-8-12-7-13(20)3-4-16(12)25-17(15)27-6-5-14(28)9-27/h3-4,7-8,10,14,28H,5-6,9H2,1-2H3,(H3,21,22,23,24,26)/t10-,14+/m0/s1. The molecule has 0 radical (unpaired) electrons. The van der Waals surface area contributed by atoms with Crippen LogP contribution in [0, 0.1) is 6.92 Å². The van der Waals surface area contributed by atoms with Crippen LogP contribution >= 0.6 is 11.6 Å². The summed E-state index contributed by atoms with van der Waals surface area (Å²) in [5.74, 6) is 1.98. The second-order valence-corrected chi connectivity index (χ2v) is 7.49. The van der Waals surface area contributed by atoms with Gasteiger partial charge in [0.1, 0.15) is 11.6 Å². The largest absolute Gasteiger partial charge is 0.391 e. The maximum Gasteiger partial charge on any atom is 0.228 e. The number of nitrogens with two attached hydrogens (primary N) is 1. The Labute approximate surface area is 167 Å². The Hall–Kier alpha value is -2.71. The van der Waals surface area contributed by atoms with Crippen LogP contribution in [0.15, 0.2) is 24.3 Å². The number of aliphatic hydroxyl groups is 1. The summed E-state index contributed by atoms with van der Waals surface area (Å²) in [5, 5.41) is 14.9. The van der Waals surface area contributed by atoms with Gasteiger partial charge in [0, 0.05) is 29.1 Å². The lowest BCUT2D eigenvalue weighted by atomic mass is 10.1.